The molecule has 31 heavy (non-hydrogen) atoms. The Morgan fingerprint density at radius 1 is 0.968 bits per heavy atom. The van der Waals surface area contributed by atoms with E-state index in [0.29, 0.717) is 25.2 Å². The van der Waals surface area contributed by atoms with E-state index in [1.807, 2.05) is 21.5 Å². The number of aromatic nitrogens is 4. The molecular weight excluding hydrogens is 411 g/mol. The first-order chi connectivity index (χ1) is 14.9. The Bertz CT molecular complexity index is 948. The van der Waals surface area contributed by atoms with Crippen molar-refractivity contribution >= 4 is 17.4 Å². The number of halogens is 3. The van der Waals surface area contributed by atoms with Crippen LogP contribution in [0.25, 0.3) is 5.65 Å². The number of likely N-dealkylation sites (tertiary alicyclic amines) is 2. The van der Waals surface area contributed by atoms with Crippen LogP contribution in [0.1, 0.15) is 43.8 Å². The Kier molecular flexibility index (Phi) is 5.23. The van der Waals surface area contributed by atoms with Crippen LogP contribution in [0.15, 0.2) is 12.1 Å². The van der Waals surface area contributed by atoms with Gasteiger partial charge in [-0.3, -0.25) is 9.69 Å². The predicted molar refractivity (Wildman–Crippen MR) is 107 cm³/mol. The van der Waals surface area contributed by atoms with Gasteiger partial charge in [-0.05, 0) is 57.3 Å². The number of hydrogen-bond donors (Lipinski definition) is 0. The monoisotopic (exact) mass is 437 g/mol. The fraction of sp³-hybridized carbons (Fsp3) is 0.700. The number of carbonyl (C=O) groups is 1. The third kappa shape index (κ3) is 4.07. The molecule has 0 radical (unpaired) electrons. The second-order valence-corrected chi connectivity index (χ2v) is 8.70. The molecule has 1 unspecified atom stereocenters. The van der Waals surface area contributed by atoms with Crippen molar-refractivity contribution in [2.75, 3.05) is 44.2 Å². The van der Waals surface area contributed by atoms with Crippen LogP contribution in [0.3, 0.4) is 0 Å². The first kappa shape index (κ1) is 20.5. The molecule has 168 valence electrons. The fourth-order valence-electron chi connectivity index (χ4n) is 5.07. The van der Waals surface area contributed by atoms with Gasteiger partial charge in [-0.25, -0.2) is 0 Å². The summed E-state index contributed by atoms with van der Waals surface area (Å²) < 4.78 is 39.9. The van der Waals surface area contributed by atoms with E-state index in [1.165, 1.54) is 12.8 Å². The van der Waals surface area contributed by atoms with Crippen LogP contribution in [0.5, 0.6) is 0 Å². The van der Waals surface area contributed by atoms with Gasteiger partial charge < -0.3 is 9.80 Å². The summed E-state index contributed by atoms with van der Waals surface area (Å²) in [5.74, 6) is 1.52. The van der Waals surface area contributed by atoms with Gasteiger partial charge in [-0.1, -0.05) is 0 Å². The molecule has 3 aliphatic rings. The van der Waals surface area contributed by atoms with Gasteiger partial charge in [0.25, 0.3) is 0 Å². The predicted octanol–water partition coefficient (Wildman–Crippen LogP) is 2.07. The Morgan fingerprint density at radius 3 is 2.42 bits per heavy atom. The first-order valence-corrected chi connectivity index (χ1v) is 11.0. The van der Waals surface area contributed by atoms with Crippen molar-refractivity contribution < 1.29 is 18.0 Å². The minimum absolute atomic E-state index is 0.162. The van der Waals surface area contributed by atoms with Gasteiger partial charge >= 0.3 is 6.18 Å². The highest BCUT2D eigenvalue weighted by Crippen LogP contribution is 2.31. The Labute approximate surface area is 178 Å². The van der Waals surface area contributed by atoms with Crippen LogP contribution < -0.4 is 4.90 Å². The average Bonchev–Trinajstić information content (AvgIpc) is 3.48. The quantitative estimate of drug-likeness (QED) is 0.730. The summed E-state index contributed by atoms with van der Waals surface area (Å²) in [7, 11) is 0. The summed E-state index contributed by atoms with van der Waals surface area (Å²) in [6.07, 6.45) is 0.00131. The smallest absolute Gasteiger partial charge is 0.355 e. The number of anilines is 1. The lowest BCUT2D eigenvalue weighted by Crippen LogP contribution is -2.46. The third-order valence-corrected chi connectivity index (χ3v) is 6.68. The van der Waals surface area contributed by atoms with E-state index in [4.69, 9.17) is 5.10 Å². The van der Waals surface area contributed by atoms with Crippen molar-refractivity contribution in [3.05, 3.63) is 18.0 Å². The van der Waals surface area contributed by atoms with Crippen LogP contribution in [-0.4, -0.2) is 87.0 Å². The zero-order valence-corrected chi connectivity index (χ0v) is 17.3. The molecule has 0 saturated carbocycles. The second kappa shape index (κ2) is 7.92. The molecule has 2 aromatic rings. The van der Waals surface area contributed by atoms with Gasteiger partial charge in [0.15, 0.2) is 11.5 Å². The Balaban J connectivity index is 1.25. The van der Waals surface area contributed by atoms with Crippen LogP contribution >= 0.6 is 0 Å². The van der Waals surface area contributed by atoms with Crippen LogP contribution in [0, 0.1) is 0 Å². The van der Waals surface area contributed by atoms with Gasteiger partial charge in [-0.15, -0.1) is 15.3 Å². The molecule has 8 nitrogen and oxygen atoms in total. The lowest BCUT2D eigenvalue weighted by Gasteiger charge is -2.34. The van der Waals surface area contributed by atoms with E-state index in [-0.39, 0.29) is 12.5 Å². The van der Waals surface area contributed by atoms with E-state index in [1.54, 1.807) is 0 Å². The second-order valence-electron chi connectivity index (χ2n) is 8.70. The molecule has 3 aliphatic heterocycles. The topological polar surface area (TPSA) is 69.9 Å². The lowest BCUT2D eigenvalue weighted by atomic mass is 9.95. The number of hydrogen-bond acceptors (Lipinski definition) is 6. The number of fused-ring (bicyclic) bond motifs is 1. The minimum Gasteiger partial charge on any atom is -0.355 e. The molecular formula is C20H26F3N7O. The van der Waals surface area contributed by atoms with Gasteiger partial charge in [0.1, 0.15) is 12.4 Å². The molecule has 3 saturated heterocycles. The number of alkyl halides is 3. The zero-order chi connectivity index (χ0) is 21.6. The minimum atomic E-state index is -4.35. The van der Waals surface area contributed by atoms with Crippen molar-refractivity contribution in [2.45, 2.75) is 50.2 Å². The molecule has 3 fully saturated rings. The van der Waals surface area contributed by atoms with Crippen molar-refractivity contribution in [2.24, 2.45) is 0 Å². The van der Waals surface area contributed by atoms with Crippen molar-refractivity contribution in [3.8, 4) is 0 Å². The maximum Gasteiger partial charge on any atom is 0.406 e. The van der Waals surface area contributed by atoms with Crippen molar-refractivity contribution in [1.29, 1.82) is 0 Å². The highest BCUT2D eigenvalue weighted by Gasteiger charge is 2.42. The molecule has 0 aromatic carbocycles. The highest BCUT2D eigenvalue weighted by molar-refractivity contribution is 5.84. The standard InChI is InChI=1S/C20H26F3N7O/c21-20(22,23)13-29-12-7-15(19(29)31)27-10-5-14(6-11-27)18-25-24-16-3-4-17(26-30(16)18)28-8-1-2-9-28/h3-4,14-15H,1-2,5-13H2. The van der Waals surface area contributed by atoms with E-state index in [2.05, 4.69) is 15.1 Å². The van der Waals surface area contributed by atoms with E-state index >= 15 is 0 Å². The van der Waals surface area contributed by atoms with E-state index in [0.717, 1.165) is 42.5 Å². The molecule has 1 amide bonds. The summed E-state index contributed by atoms with van der Waals surface area (Å²) >= 11 is 0. The van der Waals surface area contributed by atoms with Crippen molar-refractivity contribution in [3.63, 3.8) is 0 Å². The molecule has 0 bridgehead atoms. The molecule has 5 heterocycles. The molecule has 11 heteroatoms. The molecule has 5 rings (SSSR count). The molecule has 0 N–H and O–H groups in total. The largest absolute Gasteiger partial charge is 0.406 e. The van der Waals surface area contributed by atoms with E-state index in [9.17, 15) is 18.0 Å². The third-order valence-electron chi connectivity index (χ3n) is 6.68. The summed E-state index contributed by atoms with van der Waals surface area (Å²) in [6, 6.07) is 3.48. The normalized spacial score (nSPS) is 24.1. The molecule has 1 atom stereocenters. The summed E-state index contributed by atoms with van der Waals surface area (Å²) in [4.78, 5) is 17.7. The number of nitrogens with zero attached hydrogens (tertiary/aromatic N) is 7. The number of carbonyl (C=O) groups excluding carboxylic acids is 1. The van der Waals surface area contributed by atoms with Crippen molar-refractivity contribution in [1.82, 2.24) is 29.6 Å². The summed E-state index contributed by atoms with van der Waals surface area (Å²) in [6.45, 7) is 2.34. The van der Waals surface area contributed by atoms with Gasteiger partial charge in [0.2, 0.25) is 5.91 Å². The molecule has 0 aliphatic carbocycles. The van der Waals surface area contributed by atoms with Gasteiger partial charge in [-0.2, -0.15) is 17.7 Å². The van der Waals surface area contributed by atoms with Gasteiger partial charge in [0.05, 0.1) is 6.04 Å². The lowest BCUT2D eigenvalue weighted by molar-refractivity contribution is -0.159. The van der Waals surface area contributed by atoms with Crippen LogP contribution in [0.4, 0.5) is 19.0 Å². The maximum absolute atomic E-state index is 12.7. The highest BCUT2D eigenvalue weighted by atomic mass is 19.4. The summed E-state index contributed by atoms with van der Waals surface area (Å²) in [5.41, 5.74) is 0.717. The number of amides is 1. The maximum atomic E-state index is 12.7. The molecule has 0 spiro atoms. The number of piperidine rings is 1. The first-order valence-electron chi connectivity index (χ1n) is 11.0. The average molecular weight is 437 g/mol. The van der Waals surface area contributed by atoms with E-state index < -0.39 is 24.7 Å². The fourth-order valence-corrected chi connectivity index (χ4v) is 5.07. The van der Waals surface area contributed by atoms with Crippen LogP contribution in [0.2, 0.25) is 0 Å². The Hall–Kier alpha value is -2.43. The zero-order valence-electron chi connectivity index (χ0n) is 17.3. The molecule has 2 aromatic heterocycles. The van der Waals surface area contributed by atoms with Crippen LogP contribution in [-0.2, 0) is 4.79 Å². The SMILES string of the molecule is O=C1C(N2CCC(c3nnc4ccc(N5CCCC5)nn34)CC2)CCN1CC(F)(F)F. The Morgan fingerprint density at radius 2 is 1.71 bits per heavy atom. The summed E-state index contributed by atoms with van der Waals surface area (Å²) in [5, 5.41) is 13.4. The number of rotatable bonds is 4. The van der Waals surface area contributed by atoms with Gasteiger partial charge in [0, 0.05) is 25.6 Å².